The highest BCUT2D eigenvalue weighted by atomic mass is 19.3. The van der Waals surface area contributed by atoms with E-state index in [2.05, 4.69) is 5.32 Å². The summed E-state index contributed by atoms with van der Waals surface area (Å²) >= 11 is 0. The average Bonchev–Trinajstić information content (AvgIpc) is 2.45. The van der Waals surface area contributed by atoms with Crippen molar-refractivity contribution in [2.24, 2.45) is 5.41 Å². The molecule has 0 bridgehead atoms. The highest BCUT2D eigenvalue weighted by Gasteiger charge is 2.29. The predicted molar refractivity (Wildman–Crippen MR) is 85.0 cm³/mol. The maximum atomic E-state index is 13.4. The fourth-order valence-electron chi connectivity index (χ4n) is 2.22. The number of halogens is 2. The van der Waals surface area contributed by atoms with Crippen molar-refractivity contribution in [1.29, 1.82) is 0 Å². The van der Waals surface area contributed by atoms with Crippen LogP contribution in [0.1, 0.15) is 45.2 Å². The molecule has 0 aromatic heterocycles. The van der Waals surface area contributed by atoms with Crippen molar-refractivity contribution in [3.05, 3.63) is 29.8 Å². The number of aliphatic carboxylic acids is 1. The van der Waals surface area contributed by atoms with Gasteiger partial charge in [0.1, 0.15) is 11.8 Å². The van der Waals surface area contributed by atoms with Crippen molar-refractivity contribution in [2.45, 2.75) is 52.1 Å². The van der Waals surface area contributed by atoms with Crippen LogP contribution in [0.4, 0.5) is 8.78 Å². The number of benzene rings is 1. The third-order valence-electron chi connectivity index (χ3n) is 3.57. The van der Waals surface area contributed by atoms with Gasteiger partial charge in [0, 0.05) is 0 Å². The molecule has 0 radical (unpaired) electrons. The van der Waals surface area contributed by atoms with Gasteiger partial charge >= 0.3 is 5.97 Å². The number of methoxy groups -OCH3 is 1. The van der Waals surface area contributed by atoms with Gasteiger partial charge in [0.05, 0.1) is 13.2 Å². The lowest BCUT2D eigenvalue weighted by atomic mass is 9.88. The third-order valence-corrected chi connectivity index (χ3v) is 3.57. The van der Waals surface area contributed by atoms with Gasteiger partial charge in [-0.1, -0.05) is 32.9 Å². The van der Waals surface area contributed by atoms with Crippen LogP contribution in [0.3, 0.4) is 0 Å². The first-order chi connectivity index (χ1) is 10.6. The van der Waals surface area contributed by atoms with Crippen LogP contribution in [0.15, 0.2) is 24.3 Å². The second-order valence-electron chi connectivity index (χ2n) is 6.75. The third kappa shape index (κ3) is 6.52. The number of carboxylic acids is 1. The van der Waals surface area contributed by atoms with Crippen molar-refractivity contribution in [1.82, 2.24) is 5.32 Å². The molecule has 0 saturated heterocycles. The Kier molecular flexibility index (Phi) is 6.94. The lowest BCUT2D eigenvalue weighted by Crippen LogP contribution is -2.42. The maximum Gasteiger partial charge on any atom is 0.320 e. The van der Waals surface area contributed by atoms with Crippen molar-refractivity contribution >= 4 is 5.97 Å². The molecule has 2 atom stereocenters. The van der Waals surface area contributed by atoms with Gasteiger partial charge in [-0.15, -0.1) is 0 Å². The number of carboxylic acid groups (broad SMARTS) is 1. The topological polar surface area (TPSA) is 58.6 Å². The first-order valence-electron chi connectivity index (χ1n) is 7.55. The van der Waals surface area contributed by atoms with Gasteiger partial charge in [0.2, 0.25) is 0 Å². The van der Waals surface area contributed by atoms with Gasteiger partial charge < -0.3 is 9.84 Å². The number of alkyl halides is 2. The largest absolute Gasteiger partial charge is 0.497 e. The maximum absolute atomic E-state index is 13.4. The van der Waals surface area contributed by atoms with Crippen molar-refractivity contribution < 1.29 is 23.4 Å². The Balaban J connectivity index is 2.92. The molecule has 0 aliphatic heterocycles. The molecule has 0 spiro atoms. The number of carbonyl (C=O) groups is 1. The second-order valence-corrected chi connectivity index (χ2v) is 6.75. The van der Waals surface area contributed by atoms with Crippen LogP contribution in [-0.2, 0) is 4.79 Å². The minimum atomic E-state index is -2.72. The molecule has 6 heteroatoms. The van der Waals surface area contributed by atoms with Crippen molar-refractivity contribution in [3.63, 3.8) is 0 Å². The van der Waals surface area contributed by atoms with Gasteiger partial charge in [-0.2, -0.15) is 0 Å². The van der Waals surface area contributed by atoms with Crippen LogP contribution in [0, 0.1) is 5.41 Å². The molecule has 23 heavy (non-hydrogen) atoms. The highest BCUT2D eigenvalue weighted by molar-refractivity contribution is 5.73. The zero-order valence-electron chi connectivity index (χ0n) is 14.0. The molecule has 0 amide bonds. The predicted octanol–water partition coefficient (Wildman–Crippen LogP) is 3.87. The Morgan fingerprint density at radius 3 is 2.48 bits per heavy atom. The van der Waals surface area contributed by atoms with E-state index in [4.69, 9.17) is 4.74 Å². The molecule has 0 saturated carbocycles. The Morgan fingerprint density at radius 1 is 1.35 bits per heavy atom. The number of rotatable bonds is 8. The lowest BCUT2D eigenvalue weighted by Gasteiger charge is -2.26. The van der Waals surface area contributed by atoms with E-state index in [0.717, 1.165) is 0 Å². The van der Waals surface area contributed by atoms with E-state index < -0.39 is 24.5 Å². The molecule has 0 fully saturated rings. The van der Waals surface area contributed by atoms with Gasteiger partial charge in [-0.05, 0) is 36.0 Å². The highest BCUT2D eigenvalue weighted by Crippen LogP contribution is 2.27. The normalized spacial score (nSPS) is 14.6. The van der Waals surface area contributed by atoms with E-state index in [-0.39, 0.29) is 11.8 Å². The molecule has 2 N–H and O–H groups in total. The molecule has 1 aromatic rings. The monoisotopic (exact) mass is 329 g/mol. The molecule has 0 heterocycles. The summed E-state index contributed by atoms with van der Waals surface area (Å²) in [6.45, 7) is 5.95. The molecule has 1 rings (SSSR count). The number of hydrogen-bond donors (Lipinski definition) is 2. The minimum Gasteiger partial charge on any atom is -0.497 e. The first-order valence-corrected chi connectivity index (χ1v) is 7.55. The summed E-state index contributed by atoms with van der Waals surface area (Å²) in [6.07, 6.45) is -1.82. The second kappa shape index (κ2) is 8.24. The Morgan fingerprint density at radius 2 is 2.00 bits per heavy atom. The van der Waals surface area contributed by atoms with E-state index in [9.17, 15) is 18.7 Å². The molecule has 130 valence electrons. The number of ether oxygens (including phenoxy) is 1. The molecule has 0 unspecified atom stereocenters. The number of hydrogen-bond acceptors (Lipinski definition) is 3. The van der Waals surface area contributed by atoms with Gasteiger partial charge in [0.15, 0.2) is 0 Å². The van der Waals surface area contributed by atoms with Crippen LogP contribution in [0.5, 0.6) is 5.75 Å². The van der Waals surface area contributed by atoms with E-state index >= 15 is 0 Å². The quantitative estimate of drug-likeness (QED) is 0.760. The van der Waals surface area contributed by atoms with Gasteiger partial charge in [0.25, 0.3) is 6.43 Å². The van der Waals surface area contributed by atoms with E-state index in [0.29, 0.717) is 17.7 Å². The Labute approximate surface area is 135 Å². The standard InChI is InChI=1S/C17H25F2NO3/c1-17(2,3)9-8-13(16(21)22)20-14(15(18)19)11-6-5-7-12(10-11)23-4/h5-7,10,13-15,20H,8-9H2,1-4H3,(H,21,22)/t13-,14-/m0/s1. The molecular formula is C17H25F2NO3. The van der Waals surface area contributed by atoms with E-state index in [1.165, 1.54) is 19.2 Å². The van der Waals surface area contributed by atoms with E-state index in [1.54, 1.807) is 12.1 Å². The summed E-state index contributed by atoms with van der Waals surface area (Å²) in [4.78, 5) is 11.4. The molecule has 0 aliphatic carbocycles. The molecular weight excluding hydrogens is 304 g/mol. The van der Waals surface area contributed by atoms with Crippen LogP contribution in [0.2, 0.25) is 0 Å². The molecule has 4 nitrogen and oxygen atoms in total. The minimum absolute atomic E-state index is 0.0638. The summed E-state index contributed by atoms with van der Waals surface area (Å²) in [5.74, 6) is -0.667. The van der Waals surface area contributed by atoms with Crippen LogP contribution in [0.25, 0.3) is 0 Å². The van der Waals surface area contributed by atoms with Crippen LogP contribution in [-0.4, -0.2) is 30.7 Å². The Bertz CT molecular complexity index is 515. The first kappa shape index (κ1) is 19.4. The fourth-order valence-corrected chi connectivity index (χ4v) is 2.22. The Hall–Kier alpha value is -1.69. The lowest BCUT2D eigenvalue weighted by molar-refractivity contribution is -0.140. The van der Waals surface area contributed by atoms with Crippen molar-refractivity contribution in [2.75, 3.05) is 7.11 Å². The van der Waals surface area contributed by atoms with Crippen LogP contribution < -0.4 is 10.1 Å². The van der Waals surface area contributed by atoms with Crippen LogP contribution >= 0.6 is 0 Å². The SMILES string of the molecule is COc1cccc([C@H](N[C@@H](CCC(C)(C)C)C(=O)O)C(F)F)c1. The summed E-state index contributed by atoms with van der Waals surface area (Å²) in [5.41, 5.74) is 0.243. The summed E-state index contributed by atoms with van der Waals surface area (Å²) in [7, 11) is 1.45. The zero-order valence-corrected chi connectivity index (χ0v) is 14.0. The average molecular weight is 329 g/mol. The fraction of sp³-hybridized carbons (Fsp3) is 0.588. The zero-order chi connectivity index (χ0) is 17.6. The van der Waals surface area contributed by atoms with Crippen molar-refractivity contribution in [3.8, 4) is 5.75 Å². The number of nitrogens with one attached hydrogen (secondary N) is 1. The van der Waals surface area contributed by atoms with Gasteiger partial charge in [-0.3, -0.25) is 10.1 Å². The van der Waals surface area contributed by atoms with E-state index in [1.807, 2.05) is 20.8 Å². The smallest absolute Gasteiger partial charge is 0.320 e. The summed E-state index contributed by atoms with van der Waals surface area (Å²) in [5, 5.41) is 11.9. The summed E-state index contributed by atoms with van der Waals surface area (Å²) in [6, 6.07) is 3.91. The summed E-state index contributed by atoms with van der Waals surface area (Å²) < 4.78 is 31.9. The molecule has 0 aliphatic rings. The van der Waals surface area contributed by atoms with Gasteiger partial charge in [-0.25, -0.2) is 8.78 Å². The molecule has 1 aromatic carbocycles.